The quantitative estimate of drug-likeness (QED) is 0.141. The van der Waals surface area contributed by atoms with Crippen molar-refractivity contribution in [2.75, 3.05) is 0 Å². The summed E-state index contributed by atoms with van der Waals surface area (Å²) >= 11 is 0. The molecule has 1 aliphatic rings. The molecule has 8 heteroatoms. The van der Waals surface area contributed by atoms with E-state index in [-0.39, 0.29) is 30.8 Å². The maximum Gasteiger partial charge on any atom is 0.315 e. The van der Waals surface area contributed by atoms with Gasteiger partial charge in [-0.1, -0.05) is 116 Å². The lowest BCUT2D eigenvalue weighted by Crippen LogP contribution is -2.39. The Bertz CT molecular complexity index is 1990. The van der Waals surface area contributed by atoms with Crippen LogP contribution < -0.4 is 10.6 Å². The Kier molecular flexibility index (Phi) is 9.79. The minimum absolute atomic E-state index is 0.000716. The van der Waals surface area contributed by atoms with Gasteiger partial charge < -0.3 is 29.8 Å². The van der Waals surface area contributed by atoms with E-state index < -0.39 is 6.29 Å². The molecule has 0 aliphatic carbocycles. The maximum atomic E-state index is 12.4. The predicted molar refractivity (Wildman–Crippen MR) is 190 cm³/mol. The molecule has 248 valence electrons. The smallest absolute Gasteiger partial charge is 0.315 e. The predicted octanol–water partition coefficient (Wildman–Crippen LogP) is 7.69. The Labute approximate surface area is 286 Å². The number of rotatable bonds is 10. The molecule has 7 rings (SSSR count). The van der Waals surface area contributed by atoms with Crippen molar-refractivity contribution in [3.05, 3.63) is 162 Å². The Balaban J connectivity index is 1.06. The van der Waals surface area contributed by atoms with Gasteiger partial charge >= 0.3 is 6.03 Å². The van der Waals surface area contributed by atoms with Crippen LogP contribution in [0, 0.1) is 5.92 Å². The van der Waals surface area contributed by atoms with Crippen LogP contribution in [0.3, 0.4) is 0 Å². The number of ether oxygens (including phenoxy) is 2. The average molecular weight is 653 g/mol. The first kappa shape index (κ1) is 32.3. The number of aliphatic hydroxyl groups excluding tert-OH is 1. The SMILES string of the molecule is C[C@H]1[C@@H](Cn2cnc3ccccc32)O[C@@H](c2ccc(-c3cccc(CNC(=O)NCc4ccccc4)c3)cc2)O[C@H]1c1ccc(CO)cc1. The van der Waals surface area contributed by atoms with Crippen LogP contribution in [0.2, 0.25) is 0 Å². The Morgan fingerprint density at radius 1 is 0.735 bits per heavy atom. The number of nitrogens with zero attached hydrogens (tertiary/aromatic N) is 2. The second-order valence-electron chi connectivity index (χ2n) is 12.6. The summed E-state index contributed by atoms with van der Waals surface area (Å²) in [6.07, 6.45) is 0.955. The lowest BCUT2D eigenvalue weighted by molar-refractivity contribution is -0.276. The molecule has 0 radical (unpaired) electrons. The van der Waals surface area contributed by atoms with Crippen LogP contribution in [0.15, 0.2) is 134 Å². The highest BCUT2D eigenvalue weighted by molar-refractivity contribution is 5.75. The van der Waals surface area contributed by atoms with E-state index >= 15 is 0 Å². The summed E-state index contributed by atoms with van der Waals surface area (Å²) < 4.78 is 15.6. The summed E-state index contributed by atoms with van der Waals surface area (Å²) in [4.78, 5) is 17.0. The summed E-state index contributed by atoms with van der Waals surface area (Å²) in [5.74, 6) is 0.0495. The molecule has 6 aromatic rings. The highest BCUT2D eigenvalue weighted by Gasteiger charge is 2.38. The van der Waals surface area contributed by atoms with Crippen molar-refractivity contribution < 1.29 is 19.4 Å². The summed E-state index contributed by atoms with van der Waals surface area (Å²) in [7, 11) is 0. The minimum atomic E-state index is -0.572. The molecule has 1 fully saturated rings. The normalized spacial score (nSPS) is 19.1. The molecule has 0 bridgehead atoms. The molecular formula is C41H40N4O4. The highest BCUT2D eigenvalue weighted by Crippen LogP contribution is 2.42. The molecule has 0 saturated carbocycles. The zero-order valence-electron chi connectivity index (χ0n) is 27.4. The second kappa shape index (κ2) is 14.9. The van der Waals surface area contributed by atoms with Gasteiger partial charge in [0.2, 0.25) is 0 Å². The number of imidazole rings is 1. The van der Waals surface area contributed by atoms with Gasteiger partial charge in [-0.3, -0.25) is 0 Å². The number of carbonyl (C=O) groups excluding carboxylic acids is 1. The number of aliphatic hydroxyl groups is 1. The van der Waals surface area contributed by atoms with Gasteiger partial charge in [-0.2, -0.15) is 0 Å². The number of amides is 2. The van der Waals surface area contributed by atoms with Crippen molar-refractivity contribution in [2.24, 2.45) is 5.92 Å². The Morgan fingerprint density at radius 2 is 1.43 bits per heavy atom. The first-order valence-electron chi connectivity index (χ1n) is 16.7. The number of hydrogen-bond acceptors (Lipinski definition) is 5. The van der Waals surface area contributed by atoms with Gasteiger partial charge in [-0.05, 0) is 51.6 Å². The molecule has 49 heavy (non-hydrogen) atoms. The number of carbonyl (C=O) groups is 1. The van der Waals surface area contributed by atoms with Crippen molar-refractivity contribution in [1.82, 2.24) is 20.2 Å². The van der Waals surface area contributed by atoms with Crippen LogP contribution in [0.25, 0.3) is 22.2 Å². The van der Waals surface area contributed by atoms with Gasteiger partial charge in [0, 0.05) is 24.6 Å². The maximum absolute atomic E-state index is 12.4. The van der Waals surface area contributed by atoms with E-state index in [0.29, 0.717) is 19.6 Å². The van der Waals surface area contributed by atoms with Crippen LogP contribution in [0.1, 0.15) is 47.1 Å². The summed E-state index contributed by atoms with van der Waals surface area (Å²) in [6.45, 7) is 3.70. The van der Waals surface area contributed by atoms with Gasteiger partial charge in [0.1, 0.15) is 0 Å². The van der Waals surface area contributed by atoms with Crippen LogP contribution in [-0.4, -0.2) is 26.8 Å². The molecule has 0 unspecified atom stereocenters. The number of aromatic nitrogens is 2. The first-order chi connectivity index (χ1) is 24.0. The van der Waals surface area contributed by atoms with Crippen molar-refractivity contribution in [3.8, 4) is 11.1 Å². The first-order valence-corrected chi connectivity index (χ1v) is 16.7. The molecule has 3 N–H and O–H groups in total. The van der Waals surface area contributed by atoms with Gasteiger partial charge in [0.15, 0.2) is 6.29 Å². The molecule has 0 spiro atoms. The molecular weight excluding hydrogens is 612 g/mol. The average Bonchev–Trinajstić information content (AvgIpc) is 3.57. The fourth-order valence-corrected chi connectivity index (χ4v) is 6.39. The number of hydrogen-bond donors (Lipinski definition) is 3. The second-order valence-corrected chi connectivity index (χ2v) is 12.6. The topological polar surface area (TPSA) is 97.6 Å². The summed E-state index contributed by atoms with van der Waals surface area (Å²) in [5.41, 5.74) is 9.04. The van der Waals surface area contributed by atoms with Crippen molar-refractivity contribution in [2.45, 2.75) is 51.7 Å². The third kappa shape index (κ3) is 7.57. The van der Waals surface area contributed by atoms with E-state index in [1.165, 1.54) is 0 Å². The van der Waals surface area contributed by atoms with Crippen LogP contribution >= 0.6 is 0 Å². The lowest BCUT2D eigenvalue weighted by atomic mass is 9.90. The Hall–Kier alpha value is -5.28. The monoisotopic (exact) mass is 652 g/mol. The van der Waals surface area contributed by atoms with Crippen molar-refractivity contribution in [3.63, 3.8) is 0 Å². The fraction of sp³-hybridized carbons (Fsp3) is 0.220. The van der Waals surface area contributed by atoms with E-state index in [9.17, 15) is 9.90 Å². The number of para-hydroxylation sites is 2. The molecule has 2 heterocycles. The number of benzene rings is 5. The fourth-order valence-electron chi connectivity index (χ4n) is 6.39. The third-order valence-corrected chi connectivity index (χ3v) is 9.22. The molecule has 4 atom stereocenters. The number of urea groups is 1. The van der Waals surface area contributed by atoms with Gasteiger partial charge in [0.05, 0.1) is 42.7 Å². The lowest BCUT2D eigenvalue weighted by Gasteiger charge is -2.41. The zero-order chi connectivity index (χ0) is 33.6. The van der Waals surface area contributed by atoms with Gasteiger partial charge in [-0.15, -0.1) is 0 Å². The van der Waals surface area contributed by atoms with Crippen LogP contribution in [0.4, 0.5) is 4.79 Å². The van der Waals surface area contributed by atoms with Crippen LogP contribution in [0.5, 0.6) is 0 Å². The van der Waals surface area contributed by atoms with Crippen molar-refractivity contribution in [1.29, 1.82) is 0 Å². The van der Waals surface area contributed by atoms with Gasteiger partial charge in [0.25, 0.3) is 0 Å². The minimum Gasteiger partial charge on any atom is -0.392 e. The third-order valence-electron chi connectivity index (χ3n) is 9.22. The van der Waals surface area contributed by atoms with E-state index in [0.717, 1.165) is 50.0 Å². The Morgan fingerprint density at radius 3 is 2.20 bits per heavy atom. The van der Waals surface area contributed by atoms with E-state index in [4.69, 9.17) is 9.47 Å². The summed E-state index contributed by atoms with van der Waals surface area (Å²) in [5, 5.41) is 15.5. The number of fused-ring (bicyclic) bond motifs is 1. The molecule has 2 amide bonds. The van der Waals surface area contributed by atoms with E-state index in [1.54, 1.807) is 0 Å². The summed E-state index contributed by atoms with van der Waals surface area (Å²) in [6, 6.07) is 42.2. The molecule has 1 saturated heterocycles. The molecule has 1 aromatic heterocycles. The van der Waals surface area contributed by atoms with E-state index in [1.807, 2.05) is 91.3 Å². The zero-order valence-corrected chi connectivity index (χ0v) is 27.4. The van der Waals surface area contributed by atoms with Crippen LogP contribution in [-0.2, 0) is 35.7 Å². The van der Waals surface area contributed by atoms with Crippen molar-refractivity contribution >= 4 is 17.1 Å². The number of nitrogens with one attached hydrogen (secondary N) is 2. The van der Waals surface area contributed by atoms with E-state index in [2.05, 4.69) is 69.6 Å². The standard InChI is InChI=1S/C41H40N4O4/c1-28-38(25-45-27-44-36-12-5-6-13-37(36)45)48-40(49-39(28)33-16-14-30(26-46)15-17-33)34-20-18-32(19-21-34)35-11-7-10-31(22-35)24-43-41(47)42-23-29-8-3-2-4-9-29/h2-22,27-28,38-40,46H,23-26H2,1H3,(H2,42,43,47)/t28-,38+,39+,40+/m0/s1. The highest BCUT2D eigenvalue weighted by atomic mass is 16.7. The molecule has 5 aromatic carbocycles. The molecule has 1 aliphatic heterocycles. The van der Waals surface area contributed by atoms with Gasteiger partial charge in [-0.25, -0.2) is 9.78 Å². The molecule has 8 nitrogen and oxygen atoms in total. The largest absolute Gasteiger partial charge is 0.392 e.